The zero-order valence-corrected chi connectivity index (χ0v) is 26.5. The van der Waals surface area contributed by atoms with Crippen LogP contribution in [-0.2, 0) is 37.9 Å². The number of carbonyl (C=O) groups excluding carboxylic acids is 2. The summed E-state index contributed by atoms with van der Waals surface area (Å²) < 4.78 is 103. The van der Waals surface area contributed by atoms with E-state index in [1.54, 1.807) is 30.3 Å². The van der Waals surface area contributed by atoms with Crippen LogP contribution in [0.2, 0.25) is 0 Å². The Balaban J connectivity index is 1.52. The van der Waals surface area contributed by atoms with E-state index in [0.717, 1.165) is 31.8 Å². The molecule has 2 fully saturated rings. The number of hydrogen-bond acceptors (Lipinski definition) is 8. The summed E-state index contributed by atoms with van der Waals surface area (Å²) in [6.07, 6.45) is -9.38. The minimum atomic E-state index is -5.07. The molecule has 0 spiro atoms. The highest BCUT2D eigenvalue weighted by atomic mass is 19.4. The van der Waals surface area contributed by atoms with Crippen molar-refractivity contribution in [2.75, 3.05) is 32.2 Å². The van der Waals surface area contributed by atoms with Crippen LogP contribution in [0.25, 0.3) is 16.9 Å². The van der Waals surface area contributed by atoms with Crippen LogP contribution in [0.4, 0.5) is 37.0 Å². The van der Waals surface area contributed by atoms with Gasteiger partial charge >= 0.3 is 24.4 Å². The summed E-state index contributed by atoms with van der Waals surface area (Å²) in [6, 6.07) is 8.78. The van der Waals surface area contributed by atoms with Crippen LogP contribution in [0.3, 0.4) is 0 Å². The largest absolute Gasteiger partial charge is 0.496 e. The highest BCUT2D eigenvalue weighted by Crippen LogP contribution is 2.42. The summed E-state index contributed by atoms with van der Waals surface area (Å²) in [5, 5.41) is 0. The molecule has 3 heterocycles. The normalized spacial score (nSPS) is 17.9. The molecule has 2 aliphatic heterocycles. The third kappa shape index (κ3) is 7.60. The van der Waals surface area contributed by atoms with Crippen molar-refractivity contribution in [1.29, 1.82) is 0 Å². The lowest BCUT2D eigenvalue weighted by Gasteiger charge is -2.33. The first-order valence-electron chi connectivity index (χ1n) is 14.9. The second kappa shape index (κ2) is 13.7. The van der Waals surface area contributed by atoms with Gasteiger partial charge < -0.3 is 23.8 Å². The Morgan fingerprint density at radius 2 is 1.67 bits per heavy atom. The summed E-state index contributed by atoms with van der Waals surface area (Å²) in [5.74, 6) is 0.576. The first kappa shape index (κ1) is 35.1. The number of benzene rings is 2. The predicted octanol–water partition coefficient (Wildman–Crippen LogP) is 7.76. The molecular formula is C34H31F6N3O6. The number of anilines is 1. The maximum atomic E-state index is 13.6. The fourth-order valence-electron chi connectivity index (χ4n) is 5.44. The van der Waals surface area contributed by atoms with Gasteiger partial charge in [0.15, 0.2) is 0 Å². The van der Waals surface area contributed by atoms with E-state index < -0.39 is 53.3 Å². The highest BCUT2D eigenvalue weighted by molar-refractivity contribution is 5.82. The van der Waals surface area contributed by atoms with Crippen molar-refractivity contribution < 1.29 is 54.9 Å². The van der Waals surface area contributed by atoms with Crippen LogP contribution in [0, 0.1) is 0 Å². The quantitative estimate of drug-likeness (QED) is 0.0923. The van der Waals surface area contributed by atoms with E-state index in [1.807, 2.05) is 4.90 Å². The van der Waals surface area contributed by atoms with Gasteiger partial charge in [0.25, 0.3) is 0 Å². The molecule has 0 unspecified atom stereocenters. The lowest BCUT2D eigenvalue weighted by molar-refractivity contribution is -0.143. The molecule has 2 atom stereocenters. The molecular weight excluding hydrogens is 660 g/mol. The Morgan fingerprint density at radius 1 is 1.00 bits per heavy atom. The van der Waals surface area contributed by atoms with E-state index in [9.17, 15) is 35.9 Å². The second-order valence-electron chi connectivity index (χ2n) is 11.3. The van der Waals surface area contributed by atoms with Crippen molar-refractivity contribution in [1.82, 2.24) is 9.88 Å². The number of hydrogen-bond donors (Lipinski definition) is 0. The van der Waals surface area contributed by atoms with Crippen molar-refractivity contribution in [2.45, 2.75) is 44.4 Å². The molecule has 3 aromatic rings. The lowest BCUT2D eigenvalue weighted by Crippen LogP contribution is -2.38. The molecule has 0 radical (unpaired) electrons. The van der Waals surface area contributed by atoms with Gasteiger partial charge in [-0.3, -0.25) is 4.90 Å². The molecule has 0 bridgehead atoms. The number of nitrogens with zero attached hydrogens (tertiary/aromatic N) is 3. The zero-order valence-electron chi connectivity index (χ0n) is 26.5. The third-order valence-electron chi connectivity index (χ3n) is 8.22. The number of ether oxygens (including phenoxy) is 4. The third-order valence-corrected chi connectivity index (χ3v) is 8.22. The van der Waals surface area contributed by atoms with Crippen LogP contribution in [-0.4, -0.2) is 55.3 Å². The fraction of sp³-hybridized carbons (Fsp3) is 0.324. The van der Waals surface area contributed by atoms with Crippen LogP contribution < -0.4 is 9.64 Å². The van der Waals surface area contributed by atoms with Crippen molar-refractivity contribution >= 4 is 23.6 Å². The van der Waals surface area contributed by atoms with Crippen LogP contribution >= 0.6 is 0 Å². The number of cyclic esters (lactones) is 1. The first-order chi connectivity index (χ1) is 23.1. The topological polar surface area (TPSA) is 90.4 Å². The zero-order chi connectivity index (χ0) is 35.7. The molecule has 1 amide bonds. The van der Waals surface area contributed by atoms with Crippen LogP contribution in [0.5, 0.6) is 5.75 Å². The SMILES string of the molecule is C=C(O/C=C/C(=O)OC)c1ccc(OC)c(-c2ccc(N3CCC3)nc2CN2C(=O)O[C@H](c3cc(C(F)(F)F)cc(C(F)(F)F)c3)[C@@H]2C)c1. The molecule has 5 rings (SSSR count). The van der Waals surface area contributed by atoms with E-state index >= 15 is 0 Å². The summed E-state index contributed by atoms with van der Waals surface area (Å²) in [6.45, 7) is 6.68. The van der Waals surface area contributed by atoms with E-state index in [2.05, 4.69) is 11.3 Å². The summed E-state index contributed by atoms with van der Waals surface area (Å²) >= 11 is 0. The van der Waals surface area contributed by atoms with Gasteiger partial charge in [0, 0.05) is 29.8 Å². The number of rotatable bonds is 10. The van der Waals surface area contributed by atoms with Crippen LogP contribution in [0.1, 0.15) is 47.4 Å². The number of halogens is 6. The van der Waals surface area contributed by atoms with E-state index in [4.69, 9.17) is 19.2 Å². The molecule has 0 saturated carbocycles. The van der Waals surface area contributed by atoms with Crippen molar-refractivity contribution in [3.63, 3.8) is 0 Å². The molecule has 2 aliphatic rings. The summed E-state index contributed by atoms with van der Waals surface area (Å²) in [5.41, 5.74) is -1.57. The first-order valence-corrected chi connectivity index (χ1v) is 14.9. The number of pyridine rings is 1. The Hall–Kier alpha value is -5.21. The van der Waals surface area contributed by atoms with Gasteiger partial charge in [-0.15, -0.1) is 0 Å². The molecule has 0 N–H and O–H groups in total. The van der Waals surface area contributed by atoms with E-state index in [0.29, 0.717) is 46.1 Å². The average molecular weight is 692 g/mol. The summed E-state index contributed by atoms with van der Waals surface area (Å²) in [4.78, 5) is 32.7. The number of alkyl halides is 6. The highest BCUT2D eigenvalue weighted by Gasteiger charge is 2.43. The smallest absolute Gasteiger partial charge is 0.416 e. The molecule has 9 nitrogen and oxygen atoms in total. The average Bonchev–Trinajstić information content (AvgIpc) is 3.31. The Labute approximate surface area is 277 Å². The van der Waals surface area contributed by atoms with E-state index in [1.165, 1.54) is 26.0 Å². The molecule has 49 heavy (non-hydrogen) atoms. The maximum absolute atomic E-state index is 13.6. The van der Waals surface area contributed by atoms with Gasteiger partial charge in [-0.2, -0.15) is 26.3 Å². The molecule has 2 saturated heterocycles. The van der Waals surface area contributed by atoms with Crippen molar-refractivity contribution in [3.05, 3.63) is 95.4 Å². The number of aromatic nitrogens is 1. The fourth-order valence-corrected chi connectivity index (χ4v) is 5.44. The number of carbonyl (C=O) groups is 2. The standard InChI is InChI=1S/C34H31F6N3O6/c1-19-31(22-14-23(33(35,36)37)17-24(15-22)34(38,39)40)49-32(45)43(19)18-27-25(7-9-29(41-27)42-11-5-12-42)26-16-21(6-8-28(26)46-3)20(2)48-13-10-30(44)47-4/h6-10,13-17,19,31H,2,5,11-12,18H2,1,3-4H3/b13-10+/t19-,31-/m0/s1. The number of methoxy groups -OCH3 is 2. The van der Waals surface area contributed by atoms with Gasteiger partial charge in [0.2, 0.25) is 0 Å². The Morgan fingerprint density at radius 3 is 2.24 bits per heavy atom. The van der Waals surface area contributed by atoms with E-state index in [-0.39, 0.29) is 18.4 Å². The maximum Gasteiger partial charge on any atom is 0.416 e. The predicted molar refractivity (Wildman–Crippen MR) is 165 cm³/mol. The van der Waals surface area contributed by atoms with Gasteiger partial charge in [-0.1, -0.05) is 6.58 Å². The number of esters is 1. The van der Waals surface area contributed by atoms with Gasteiger partial charge in [0.1, 0.15) is 23.4 Å². The molecule has 2 aromatic carbocycles. The minimum absolute atomic E-state index is 0.0246. The van der Waals surface area contributed by atoms with Gasteiger partial charge in [-0.25, -0.2) is 14.6 Å². The van der Waals surface area contributed by atoms with Crippen molar-refractivity contribution in [3.8, 4) is 16.9 Å². The van der Waals surface area contributed by atoms with Crippen molar-refractivity contribution in [2.24, 2.45) is 0 Å². The Bertz CT molecular complexity index is 1750. The Kier molecular flexibility index (Phi) is 9.83. The molecule has 15 heteroatoms. The summed E-state index contributed by atoms with van der Waals surface area (Å²) in [7, 11) is 2.67. The lowest BCUT2D eigenvalue weighted by atomic mass is 9.96. The van der Waals surface area contributed by atoms with Gasteiger partial charge in [0.05, 0.1) is 56.0 Å². The van der Waals surface area contributed by atoms with Crippen LogP contribution in [0.15, 0.2) is 67.4 Å². The molecule has 1 aromatic heterocycles. The van der Waals surface area contributed by atoms with Gasteiger partial charge in [-0.05, 0) is 67.4 Å². The minimum Gasteiger partial charge on any atom is -0.496 e. The second-order valence-corrected chi connectivity index (χ2v) is 11.3. The molecule has 260 valence electrons. The number of amides is 1. The monoisotopic (exact) mass is 691 g/mol. The molecule has 0 aliphatic carbocycles.